The van der Waals surface area contributed by atoms with E-state index in [4.69, 9.17) is 5.73 Å². The van der Waals surface area contributed by atoms with E-state index in [1.807, 2.05) is 6.07 Å². The van der Waals surface area contributed by atoms with Crippen molar-refractivity contribution < 1.29 is 9.59 Å². The van der Waals surface area contributed by atoms with Crippen LogP contribution >= 0.6 is 11.3 Å². The molecule has 0 fully saturated rings. The fourth-order valence-corrected chi connectivity index (χ4v) is 4.33. The van der Waals surface area contributed by atoms with Gasteiger partial charge in [0.15, 0.2) is 5.82 Å². The Hall–Kier alpha value is -2.15. The van der Waals surface area contributed by atoms with E-state index in [0.717, 1.165) is 12.8 Å². The third-order valence-electron chi connectivity index (χ3n) is 4.73. The first-order chi connectivity index (χ1) is 11.7. The zero-order valence-electron chi connectivity index (χ0n) is 14.8. The highest BCUT2D eigenvalue weighted by atomic mass is 32.1. The summed E-state index contributed by atoms with van der Waals surface area (Å²) in [5.74, 6) is 0.441. The number of carbonyl (C=O) groups excluding carboxylic acids is 2. The fraction of sp³-hybridized carbons (Fsp3) is 0.500. The molecule has 0 radical (unpaired) electrons. The van der Waals surface area contributed by atoms with Gasteiger partial charge in [0.25, 0.3) is 5.91 Å². The summed E-state index contributed by atoms with van der Waals surface area (Å²) >= 11 is 1.57. The summed E-state index contributed by atoms with van der Waals surface area (Å²) in [4.78, 5) is 25.4. The highest BCUT2D eigenvalue weighted by molar-refractivity contribution is 7.14. The molecule has 0 saturated heterocycles. The molecule has 3 N–H and O–H groups in total. The van der Waals surface area contributed by atoms with Crippen molar-refractivity contribution in [3.63, 3.8) is 0 Å². The Labute approximate surface area is 151 Å². The van der Waals surface area contributed by atoms with Gasteiger partial charge in [0.1, 0.15) is 6.54 Å². The van der Waals surface area contributed by atoms with E-state index in [9.17, 15) is 9.59 Å². The Morgan fingerprint density at radius 1 is 1.44 bits per heavy atom. The second-order valence-electron chi connectivity index (χ2n) is 7.68. The smallest absolute Gasteiger partial charge is 0.266 e. The van der Waals surface area contributed by atoms with Crippen LogP contribution in [0.1, 0.15) is 47.3 Å². The number of primary amides is 1. The summed E-state index contributed by atoms with van der Waals surface area (Å²) in [6.45, 7) is 6.85. The van der Waals surface area contributed by atoms with Crippen molar-refractivity contribution in [3.8, 4) is 0 Å². The van der Waals surface area contributed by atoms with Crippen molar-refractivity contribution in [2.75, 3.05) is 5.32 Å². The predicted octanol–water partition coefficient (Wildman–Crippen LogP) is 2.83. The van der Waals surface area contributed by atoms with Crippen LogP contribution in [-0.4, -0.2) is 21.6 Å². The molecule has 0 unspecified atom stereocenters. The zero-order chi connectivity index (χ0) is 18.2. The first kappa shape index (κ1) is 17.7. The van der Waals surface area contributed by atoms with Crippen LogP contribution in [0.2, 0.25) is 0 Å². The maximum absolute atomic E-state index is 12.5. The van der Waals surface area contributed by atoms with Crippen LogP contribution in [0.25, 0.3) is 0 Å². The molecule has 1 atom stereocenters. The summed E-state index contributed by atoms with van der Waals surface area (Å²) < 4.78 is 1.41. The number of fused-ring (bicyclic) bond motifs is 1. The van der Waals surface area contributed by atoms with Gasteiger partial charge in [-0.15, -0.1) is 11.3 Å². The molecule has 1 aliphatic carbocycles. The Morgan fingerprint density at radius 3 is 2.88 bits per heavy atom. The summed E-state index contributed by atoms with van der Waals surface area (Å²) in [6, 6.07) is 3.68. The Morgan fingerprint density at radius 2 is 2.20 bits per heavy atom. The monoisotopic (exact) mass is 360 g/mol. The number of nitrogens with zero attached hydrogens (tertiary/aromatic N) is 2. The highest BCUT2D eigenvalue weighted by Gasteiger charge is 2.30. The maximum atomic E-state index is 12.5. The third kappa shape index (κ3) is 4.10. The lowest BCUT2D eigenvalue weighted by Gasteiger charge is -2.33. The van der Waals surface area contributed by atoms with Gasteiger partial charge in [0.05, 0.1) is 4.88 Å². The van der Waals surface area contributed by atoms with E-state index in [0.29, 0.717) is 16.6 Å². The Kier molecular flexibility index (Phi) is 4.69. The van der Waals surface area contributed by atoms with Crippen LogP contribution in [-0.2, 0) is 24.2 Å². The van der Waals surface area contributed by atoms with E-state index < -0.39 is 5.91 Å². The first-order valence-electron chi connectivity index (χ1n) is 8.47. The largest absolute Gasteiger partial charge is 0.368 e. The first-order valence-corrected chi connectivity index (χ1v) is 9.28. The summed E-state index contributed by atoms with van der Waals surface area (Å²) in [5.41, 5.74) is 6.73. The predicted molar refractivity (Wildman–Crippen MR) is 98.7 cm³/mol. The summed E-state index contributed by atoms with van der Waals surface area (Å²) in [6.07, 6.45) is 4.88. The molecule has 2 amide bonds. The van der Waals surface area contributed by atoms with Crippen LogP contribution < -0.4 is 11.1 Å². The highest BCUT2D eigenvalue weighted by Crippen LogP contribution is 2.40. The van der Waals surface area contributed by atoms with Crippen molar-refractivity contribution in [1.29, 1.82) is 0 Å². The molecule has 0 bridgehead atoms. The molecule has 0 aromatic carbocycles. The van der Waals surface area contributed by atoms with Crippen molar-refractivity contribution >= 4 is 29.0 Å². The van der Waals surface area contributed by atoms with Crippen LogP contribution in [0, 0.1) is 11.3 Å². The van der Waals surface area contributed by atoms with E-state index in [2.05, 4.69) is 31.2 Å². The topological polar surface area (TPSA) is 90.0 Å². The van der Waals surface area contributed by atoms with Gasteiger partial charge in [-0.3, -0.25) is 14.3 Å². The Balaban J connectivity index is 1.69. The molecule has 0 aliphatic heterocycles. The number of hydrogen-bond acceptors (Lipinski definition) is 4. The van der Waals surface area contributed by atoms with Crippen LogP contribution in [0.4, 0.5) is 5.82 Å². The van der Waals surface area contributed by atoms with E-state index in [-0.39, 0.29) is 17.9 Å². The van der Waals surface area contributed by atoms with Gasteiger partial charge >= 0.3 is 0 Å². The van der Waals surface area contributed by atoms with Crippen molar-refractivity contribution in [2.24, 2.45) is 17.1 Å². The number of thiophene rings is 1. The molecule has 25 heavy (non-hydrogen) atoms. The standard InChI is InChI=1S/C18H24N4O2S/c1-18(2,3)12-4-5-13-11(8-12)9-14(25-13)17(24)20-16-6-7-22(21-16)10-15(19)23/h6-7,9,12H,4-5,8,10H2,1-3H3,(H2,19,23)(H,20,21,24)/t12-/m0/s1. The minimum atomic E-state index is -0.472. The van der Waals surface area contributed by atoms with E-state index in [1.165, 1.54) is 21.5 Å². The second-order valence-corrected chi connectivity index (χ2v) is 8.82. The van der Waals surface area contributed by atoms with Gasteiger partial charge in [-0.2, -0.15) is 5.10 Å². The normalized spacial score (nSPS) is 17.2. The zero-order valence-corrected chi connectivity index (χ0v) is 15.7. The SMILES string of the molecule is CC(C)(C)[C@H]1CCc2sc(C(=O)Nc3ccn(CC(N)=O)n3)cc2C1. The number of anilines is 1. The molecular weight excluding hydrogens is 336 g/mol. The van der Waals surface area contributed by atoms with Crippen molar-refractivity contribution in [2.45, 2.75) is 46.6 Å². The molecule has 3 rings (SSSR count). The van der Waals surface area contributed by atoms with Gasteiger partial charge in [-0.05, 0) is 42.2 Å². The number of rotatable bonds is 4. The number of nitrogens with two attached hydrogens (primary N) is 1. The van der Waals surface area contributed by atoms with Crippen LogP contribution in [0.3, 0.4) is 0 Å². The van der Waals surface area contributed by atoms with Crippen LogP contribution in [0.15, 0.2) is 18.3 Å². The number of aryl methyl sites for hydroxylation is 1. The minimum absolute atomic E-state index is 0.00262. The second kappa shape index (κ2) is 6.63. The number of nitrogens with one attached hydrogen (secondary N) is 1. The van der Waals surface area contributed by atoms with E-state index >= 15 is 0 Å². The molecule has 7 heteroatoms. The number of hydrogen-bond donors (Lipinski definition) is 2. The molecule has 134 valence electrons. The molecular formula is C18H24N4O2S. The number of amides is 2. The molecule has 0 saturated carbocycles. The lowest BCUT2D eigenvalue weighted by atomic mass is 9.72. The molecule has 2 aromatic heterocycles. The summed E-state index contributed by atoms with van der Waals surface area (Å²) in [5, 5.41) is 6.92. The number of aromatic nitrogens is 2. The van der Waals surface area contributed by atoms with Gasteiger partial charge in [0.2, 0.25) is 5.91 Å². The molecule has 2 aromatic rings. The van der Waals surface area contributed by atoms with Gasteiger partial charge < -0.3 is 11.1 Å². The Bertz CT molecular complexity index is 800. The van der Waals surface area contributed by atoms with Gasteiger partial charge in [0, 0.05) is 17.1 Å². The van der Waals surface area contributed by atoms with Crippen LogP contribution in [0.5, 0.6) is 0 Å². The lowest BCUT2D eigenvalue weighted by molar-refractivity contribution is -0.118. The van der Waals surface area contributed by atoms with Crippen molar-refractivity contribution in [1.82, 2.24) is 9.78 Å². The summed E-state index contributed by atoms with van der Waals surface area (Å²) in [7, 11) is 0. The van der Waals surface area contributed by atoms with E-state index in [1.54, 1.807) is 23.6 Å². The molecule has 6 nitrogen and oxygen atoms in total. The third-order valence-corrected chi connectivity index (χ3v) is 5.97. The van der Waals surface area contributed by atoms with Gasteiger partial charge in [-0.1, -0.05) is 20.8 Å². The maximum Gasteiger partial charge on any atom is 0.266 e. The molecule has 0 spiro atoms. The van der Waals surface area contributed by atoms with Gasteiger partial charge in [-0.25, -0.2) is 0 Å². The van der Waals surface area contributed by atoms with Crippen molar-refractivity contribution in [3.05, 3.63) is 33.6 Å². The average molecular weight is 360 g/mol. The molecule has 2 heterocycles. The number of carbonyl (C=O) groups is 2. The quantitative estimate of drug-likeness (QED) is 0.878. The fourth-order valence-electron chi connectivity index (χ4n) is 3.23. The lowest BCUT2D eigenvalue weighted by Crippen LogP contribution is -2.26. The molecule has 1 aliphatic rings. The average Bonchev–Trinajstić information content (AvgIpc) is 3.11. The minimum Gasteiger partial charge on any atom is -0.368 e.